The third kappa shape index (κ3) is 2.71. The Kier molecular flexibility index (Phi) is 2.99. The summed E-state index contributed by atoms with van der Waals surface area (Å²) in [4.78, 5) is 0. The SMILES string of the molecule is C[C@H](c1ccc(Cl)cc1)C(C)(C)O. The Morgan fingerprint density at radius 1 is 1.23 bits per heavy atom. The molecule has 0 aliphatic carbocycles. The van der Waals surface area contributed by atoms with Gasteiger partial charge in [-0.2, -0.15) is 0 Å². The van der Waals surface area contributed by atoms with Crippen molar-refractivity contribution in [2.24, 2.45) is 0 Å². The first-order valence-corrected chi connectivity index (χ1v) is 4.77. The fourth-order valence-electron chi connectivity index (χ4n) is 1.16. The minimum absolute atomic E-state index is 0.116. The minimum atomic E-state index is -0.687. The summed E-state index contributed by atoms with van der Waals surface area (Å²) in [5.41, 5.74) is 0.422. The second kappa shape index (κ2) is 3.69. The number of halogens is 1. The van der Waals surface area contributed by atoms with Gasteiger partial charge in [-0.25, -0.2) is 0 Å². The Bertz CT molecular complexity index is 271. The Labute approximate surface area is 84.4 Å². The van der Waals surface area contributed by atoms with E-state index in [1.54, 1.807) is 0 Å². The molecule has 0 aromatic heterocycles. The molecule has 1 atom stereocenters. The van der Waals surface area contributed by atoms with Crippen molar-refractivity contribution in [3.63, 3.8) is 0 Å². The predicted molar refractivity (Wildman–Crippen MR) is 56.2 cm³/mol. The van der Waals surface area contributed by atoms with Gasteiger partial charge in [0.05, 0.1) is 5.60 Å². The van der Waals surface area contributed by atoms with Gasteiger partial charge in [-0.15, -0.1) is 0 Å². The number of benzene rings is 1. The van der Waals surface area contributed by atoms with Gasteiger partial charge < -0.3 is 5.11 Å². The molecular formula is C11H15ClO. The standard InChI is InChI=1S/C11H15ClO/c1-8(11(2,3)13)9-4-6-10(12)7-5-9/h4-8,13H,1-3H3/t8-/m1/s1. The molecule has 1 rings (SSSR count). The molecule has 0 fully saturated rings. The molecule has 1 aromatic rings. The van der Waals surface area contributed by atoms with Crippen LogP contribution in [0.15, 0.2) is 24.3 Å². The summed E-state index contributed by atoms with van der Waals surface area (Å²) >= 11 is 5.77. The average Bonchev–Trinajstić information content (AvgIpc) is 2.03. The first kappa shape index (κ1) is 10.6. The van der Waals surface area contributed by atoms with E-state index in [2.05, 4.69) is 0 Å². The summed E-state index contributed by atoms with van der Waals surface area (Å²) in [6.07, 6.45) is 0. The molecule has 2 heteroatoms. The fourth-order valence-corrected chi connectivity index (χ4v) is 1.29. The van der Waals surface area contributed by atoms with Crippen LogP contribution in [-0.2, 0) is 0 Å². The van der Waals surface area contributed by atoms with Crippen LogP contribution in [0.25, 0.3) is 0 Å². The zero-order valence-corrected chi connectivity index (χ0v) is 8.97. The zero-order chi connectivity index (χ0) is 10.1. The number of hydrogen-bond donors (Lipinski definition) is 1. The van der Waals surface area contributed by atoms with Crippen LogP contribution in [0.4, 0.5) is 0 Å². The lowest BCUT2D eigenvalue weighted by Crippen LogP contribution is -2.26. The molecule has 72 valence electrons. The van der Waals surface area contributed by atoms with Gasteiger partial charge in [0, 0.05) is 10.9 Å². The molecule has 0 aliphatic heterocycles. The van der Waals surface area contributed by atoms with E-state index in [1.165, 1.54) is 0 Å². The van der Waals surface area contributed by atoms with Gasteiger partial charge in [0.15, 0.2) is 0 Å². The van der Waals surface area contributed by atoms with Crippen LogP contribution in [0.2, 0.25) is 5.02 Å². The third-order valence-electron chi connectivity index (χ3n) is 2.43. The van der Waals surface area contributed by atoms with Gasteiger partial charge in [-0.3, -0.25) is 0 Å². The van der Waals surface area contributed by atoms with Crippen LogP contribution in [0.5, 0.6) is 0 Å². The van der Waals surface area contributed by atoms with Crippen molar-refractivity contribution in [3.8, 4) is 0 Å². The van der Waals surface area contributed by atoms with Gasteiger partial charge >= 0.3 is 0 Å². The molecule has 0 spiro atoms. The lowest BCUT2D eigenvalue weighted by atomic mass is 9.86. The number of hydrogen-bond acceptors (Lipinski definition) is 1. The van der Waals surface area contributed by atoms with E-state index in [0.717, 1.165) is 10.6 Å². The molecule has 0 bridgehead atoms. The van der Waals surface area contributed by atoms with E-state index in [9.17, 15) is 5.11 Å². The summed E-state index contributed by atoms with van der Waals surface area (Å²) in [5.74, 6) is 0.116. The smallest absolute Gasteiger partial charge is 0.0657 e. The Morgan fingerprint density at radius 2 is 1.69 bits per heavy atom. The molecule has 0 unspecified atom stereocenters. The van der Waals surface area contributed by atoms with E-state index in [-0.39, 0.29) is 5.92 Å². The van der Waals surface area contributed by atoms with Gasteiger partial charge in [0.2, 0.25) is 0 Å². The summed E-state index contributed by atoms with van der Waals surface area (Å²) < 4.78 is 0. The van der Waals surface area contributed by atoms with Crippen LogP contribution in [0, 0.1) is 0 Å². The van der Waals surface area contributed by atoms with E-state index < -0.39 is 5.60 Å². The second-order valence-electron chi connectivity index (χ2n) is 3.93. The van der Waals surface area contributed by atoms with Crippen molar-refractivity contribution in [1.82, 2.24) is 0 Å². The summed E-state index contributed by atoms with van der Waals surface area (Å²) in [7, 11) is 0. The molecule has 1 nitrogen and oxygen atoms in total. The molecule has 0 amide bonds. The summed E-state index contributed by atoms with van der Waals surface area (Å²) in [6, 6.07) is 7.59. The third-order valence-corrected chi connectivity index (χ3v) is 2.68. The molecule has 0 saturated heterocycles. The van der Waals surface area contributed by atoms with Crippen LogP contribution in [0.3, 0.4) is 0 Å². The topological polar surface area (TPSA) is 20.2 Å². The zero-order valence-electron chi connectivity index (χ0n) is 8.21. The van der Waals surface area contributed by atoms with Gasteiger partial charge in [0.1, 0.15) is 0 Å². The van der Waals surface area contributed by atoms with Crippen LogP contribution >= 0.6 is 11.6 Å². The van der Waals surface area contributed by atoms with E-state index in [0.29, 0.717) is 0 Å². The van der Waals surface area contributed by atoms with Gasteiger partial charge in [-0.1, -0.05) is 30.7 Å². The quantitative estimate of drug-likeness (QED) is 0.774. The summed E-state index contributed by atoms with van der Waals surface area (Å²) in [6.45, 7) is 5.63. The largest absolute Gasteiger partial charge is 0.390 e. The minimum Gasteiger partial charge on any atom is -0.390 e. The lowest BCUT2D eigenvalue weighted by molar-refractivity contribution is 0.0559. The highest BCUT2D eigenvalue weighted by molar-refractivity contribution is 6.30. The highest BCUT2D eigenvalue weighted by Crippen LogP contribution is 2.27. The fraction of sp³-hybridized carbons (Fsp3) is 0.455. The molecule has 1 N–H and O–H groups in total. The van der Waals surface area contributed by atoms with Gasteiger partial charge in [0.25, 0.3) is 0 Å². The summed E-state index contributed by atoms with van der Waals surface area (Å²) in [5, 5.41) is 10.5. The maximum absolute atomic E-state index is 9.78. The van der Waals surface area contributed by atoms with Crippen molar-refractivity contribution in [3.05, 3.63) is 34.9 Å². The molecule has 0 heterocycles. The van der Waals surface area contributed by atoms with Gasteiger partial charge in [-0.05, 0) is 31.5 Å². The number of aliphatic hydroxyl groups is 1. The highest BCUT2D eigenvalue weighted by atomic mass is 35.5. The lowest BCUT2D eigenvalue weighted by Gasteiger charge is -2.26. The molecule has 0 aliphatic rings. The van der Waals surface area contributed by atoms with Crippen LogP contribution in [-0.4, -0.2) is 10.7 Å². The second-order valence-corrected chi connectivity index (χ2v) is 4.36. The Hall–Kier alpha value is -0.530. The average molecular weight is 199 g/mol. The predicted octanol–water partition coefficient (Wildman–Crippen LogP) is 3.21. The molecule has 0 radical (unpaired) electrons. The maximum Gasteiger partial charge on any atom is 0.0657 e. The van der Waals surface area contributed by atoms with Crippen LogP contribution in [0.1, 0.15) is 32.3 Å². The van der Waals surface area contributed by atoms with Crippen molar-refractivity contribution in [1.29, 1.82) is 0 Å². The van der Waals surface area contributed by atoms with Crippen LogP contribution < -0.4 is 0 Å². The monoisotopic (exact) mass is 198 g/mol. The molecule has 1 aromatic carbocycles. The van der Waals surface area contributed by atoms with Crippen molar-refractivity contribution >= 4 is 11.6 Å². The number of rotatable bonds is 2. The first-order chi connectivity index (χ1) is 5.91. The van der Waals surface area contributed by atoms with E-state index in [1.807, 2.05) is 45.0 Å². The highest BCUT2D eigenvalue weighted by Gasteiger charge is 2.23. The van der Waals surface area contributed by atoms with Crippen molar-refractivity contribution < 1.29 is 5.11 Å². The van der Waals surface area contributed by atoms with E-state index >= 15 is 0 Å². The maximum atomic E-state index is 9.78. The van der Waals surface area contributed by atoms with Crippen molar-refractivity contribution in [2.45, 2.75) is 32.3 Å². The Morgan fingerprint density at radius 3 is 2.08 bits per heavy atom. The van der Waals surface area contributed by atoms with E-state index in [4.69, 9.17) is 11.6 Å². The molecule has 0 saturated carbocycles. The normalized spacial score (nSPS) is 14.2. The van der Waals surface area contributed by atoms with Crippen molar-refractivity contribution in [2.75, 3.05) is 0 Å². The molecule has 13 heavy (non-hydrogen) atoms. The first-order valence-electron chi connectivity index (χ1n) is 4.39. The molecular weight excluding hydrogens is 184 g/mol. The Balaban J connectivity index is 2.90.